The van der Waals surface area contributed by atoms with Crippen LogP contribution in [0.4, 0.5) is 4.39 Å². The van der Waals surface area contributed by atoms with Crippen LogP contribution in [0.25, 0.3) is 0 Å². The molecule has 10 heteroatoms. The molecular weight excluding hydrogens is 491 g/mol. The molecule has 0 aliphatic carbocycles. The van der Waals surface area contributed by atoms with Crippen LogP contribution in [-0.2, 0) is 30.5 Å². The van der Waals surface area contributed by atoms with E-state index in [2.05, 4.69) is 4.99 Å². The Balaban J connectivity index is 2.06. The molecule has 38 heavy (non-hydrogen) atoms. The lowest BCUT2D eigenvalue weighted by atomic mass is 9.85. The lowest BCUT2D eigenvalue weighted by Gasteiger charge is -2.38. The van der Waals surface area contributed by atoms with Crippen molar-refractivity contribution in [2.45, 2.75) is 71.4 Å². The van der Waals surface area contributed by atoms with Gasteiger partial charge in [0.25, 0.3) is 0 Å². The second-order valence-electron chi connectivity index (χ2n) is 10.2. The van der Waals surface area contributed by atoms with E-state index in [-0.39, 0.29) is 56.0 Å². The lowest BCUT2D eigenvalue weighted by molar-refractivity contribution is -0.153. The molecule has 1 fully saturated rings. The van der Waals surface area contributed by atoms with Gasteiger partial charge < -0.3 is 21.1 Å². The number of carbonyl (C=O) groups is 4. The zero-order valence-electron chi connectivity index (χ0n) is 22.4. The number of hydrogen-bond donors (Lipinski definition) is 2. The average Bonchev–Trinajstić information content (AvgIpc) is 2.91. The maximum absolute atomic E-state index is 13.6. The molecule has 0 aromatic heterocycles. The summed E-state index contributed by atoms with van der Waals surface area (Å²) in [4.78, 5) is 57.2. The SMILES string of the molecule is CC(C)[C@H](CC(=O)OCc1ccccc1)C(=O)N1CCCC[C@H]1C(=O)C[C@@H](CCCN=C(N)N)C(=O)CF. The van der Waals surface area contributed by atoms with E-state index < -0.39 is 36.3 Å². The van der Waals surface area contributed by atoms with Crippen LogP contribution in [0.2, 0.25) is 0 Å². The highest BCUT2D eigenvalue weighted by Gasteiger charge is 2.38. The van der Waals surface area contributed by atoms with Gasteiger partial charge in [-0.1, -0.05) is 44.2 Å². The van der Waals surface area contributed by atoms with Crippen LogP contribution >= 0.6 is 0 Å². The van der Waals surface area contributed by atoms with Crippen molar-refractivity contribution in [1.82, 2.24) is 4.90 Å². The highest BCUT2D eigenvalue weighted by molar-refractivity contribution is 5.94. The van der Waals surface area contributed by atoms with Gasteiger partial charge in [-0.25, -0.2) is 4.39 Å². The maximum Gasteiger partial charge on any atom is 0.306 e. The van der Waals surface area contributed by atoms with Crippen molar-refractivity contribution in [3.05, 3.63) is 35.9 Å². The summed E-state index contributed by atoms with van der Waals surface area (Å²) in [5, 5.41) is 0. The number of rotatable bonds is 15. The standard InChI is InChI=1S/C28H41FN4O5/c1-19(2)22(16-26(36)38-18-20-9-4-3-5-10-20)27(37)33-14-7-6-12-23(33)24(34)15-21(25(35)17-29)11-8-13-32-28(30)31/h3-5,9-10,19,21-23H,6-8,11-18H2,1-2H3,(H4,30,31,32)/t21-,22+,23+/m1/s1. The Hall–Kier alpha value is -3.30. The average molecular weight is 533 g/mol. The number of likely N-dealkylation sites (tertiary alicyclic amines) is 1. The molecule has 2 rings (SSSR count). The number of piperidine rings is 1. The first kappa shape index (κ1) is 30.9. The third-order valence-corrected chi connectivity index (χ3v) is 6.95. The number of amides is 1. The van der Waals surface area contributed by atoms with Gasteiger partial charge in [0.2, 0.25) is 5.91 Å². The van der Waals surface area contributed by atoms with Gasteiger partial charge in [0.05, 0.1) is 18.4 Å². The Morgan fingerprint density at radius 1 is 1.11 bits per heavy atom. The van der Waals surface area contributed by atoms with Crippen molar-refractivity contribution in [3.8, 4) is 0 Å². The largest absolute Gasteiger partial charge is 0.461 e. The van der Waals surface area contributed by atoms with E-state index in [1.165, 1.54) is 0 Å². The molecule has 210 valence electrons. The first-order valence-corrected chi connectivity index (χ1v) is 13.3. The summed E-state index contributed by atoms with van der Waals surface area (Å²) in [6.07, 6.45) is 2.43. The number of alkyl halides is 1. The van der Waals surface area contributed by atoms with Gasteiger partial charge in [0, 0.05) is 25.4 Å². The molecule has 1 aliphatic rings. The highest BCUT2D eigenvalue weighted by atomic mass is 19.1. The molecule has 0 radical (unpaired) electrons. The monoisotopic (exact) mass is 532 g/mol. The normalized spacial score (nSPS) is 16.9. The maximum atomic E-state index is 13.6. The van der Waals surface area contributed by atoms with Gasteiger partial charge >= 0.3 is 5.97 Å². The first-order chi connectivity index (χ1) is 18.1. The van der Waals surface area contributed by atoms with Crippen LogP contribution in [-0.4, -0.2) is 60.1 Å². The van der Waals surface area contributed by atoms with Gasteiger partial charge in [-0.15, -0.1) is 0 Å². The molecule has 0 unspecified atom stereocenters. The summed E-state index contributed by atoms with van der Waals surface area (Å²) in [6, 6.07) is 8.58. The number of ether oxygens (including phenoxy) is 1. The predicted molar refractivity (Wildman–Crippen MR) is 143 cm³/mol. The van der Waals surface area contributed by atoms with Crippen molar-refractivity contribution in [2.24, 2.45) is 34.2 Å². The molecule has 9 nitrogen and oxygen atoms in total. The van der Waals surface area contributed by atoms with E-state index >= 15 is 0 Å². The fraction of sp³-hybridized carbons (Fsp3) is 0.607. The molecule has 1 amide bonds. The molecule has 4 N–H and O–H groups in total. The van der Waals surface area contributed by atoms with Crippen LogP contribution < -0.4 is 11.5 Å². The number of ketones is 2. The number of esters is 1. The zero-order chi connectivity index (χ0) is 28.1. The van der Waals surface area contributed by atoms with Crippen molar-refractivity contribution in [3.63, 3.8) is 0 Å². The summed E-state index contributed by atoms with van der Waals surface area (Å²) in [6.45, 7) is 3.35. The second-order valence-corrected chi connectivity index (χ2v) is 10.2. The number of guanidine groups is 1. The Kier molecular flexibility index (Phi) is 12.9. The fourth-order valence-corrected chi connectivity index (χ4v) is 4.74. The Labute approximate surface area is 224 Å². The number of aliphatic imine (C=N–C) groups is 1. The Bertz CT molecular complexity index is 965. The molecular formula is C28H41FN4O5. The number of halogens is 1. The molecule has 1 aliphatic heterocycles. The number of Topliss-reactive ketones (excluding diaryl/α,β-unsaturated/α-hetero) is 2. The minimum Gasteiger partial charge on any atom is -0.461 e. The summed E-state index contributed by atoms with van der Waals surface area (Å²) < 4.78 is 18.6. The van der Waals surface area contributed by atoms with Crippen molar-refractivity contribution in [1.29, 1.82) is 0 Å². The van der Waals surface area contributed by atoms with E-state index in [1.807, 2.05) is 44.2 Å². The number of nitrogens with zero attached hydrogens (tertiary/aromatic N) is 2. The third kappa shape index (κ3) is 9.87. The number of nitrogens with two attached hydrogens (primary N) is 2. The molecule has 1 saturated heterocycles. The second kappa shape index (κ2) is 15.8. The Morgan fingerprint density at radius 3 is 2.45 bits per heavy atom. The van der Waals surface area contributed by atoms with E-state index in [1.54, 1.807) is 4.90 Å². The van der Waals surface area contributed by atoms with Gasteiger partial charge in [-0.3, -0.25) is 24.2 Å². The number of carbonyl (C=O) groups excluding carboxylic acids is 4. The quantitative estimate of drug-likeness (QED) is 0.153. The summed E-state index contributed by atoms with van der Waals surface area (Å²) in [5.74, 6) is -3.32. The van der Waals surface area contributed by atoms with Crippen LogP contribution in [0, 0.1) is 17.8 Å². The van der Waals surface area contributed by atoms with Crippen LogP contribution in [0.5, 0.6) is 0 Å². The summed E-state index contributed by atoms with van der Waals surface area (Å²) in [7, 11) is 0. The third-order valence-electron chi connectivity index (χ3n) is 6.95. The van der Waals surface area contributed by atoms with Crippen molar-refractivity contribution in [2.75, 3.05) is 19.8 Å². The minimum absolute atomic E-state index is 0.0746. The van der Waals surface area contributed by atoms with Crippen molar-refractivity contribution < 1.29 is 28.3 Å². The van der Waals surface area contributed by atoms with Gasteiger partial charge in [0.15, 0.2) is 17.5 Å². The van der Waals surface area contributed by atoms with Gasteiger partial charge in [-0.05, 0) is 43.6 Å². The van der Waals surface area contributed by atoms with E-state index in [4.69, 9.17) is 16.2 Å². The molecule has 1 aromatic carbocycles. The fourth-order valence-electron chi connectivity index (χ4n) is 4.74. The smallest absolute Gasteiger partial charge is 0.306 e. The highest BCUT2D eigenvalue weighted by Crippen LogP contribution is 2.27. The molecule has 0 bridgehead atoms. The van der Waals surface area contributed by atoms with E-state index in [0.717, 1.165) is 18.4 Å². The van der Waals surface area contributed by atoms with Crippen LogP contribution in [0.3, 0.4) is 0 Å². The molecule has 0 saturated carbocycles. The van der Waals surface area contributed by atoms with Gasteiger partial charge in [0.1, 0.15) is 13.3 Å². The molecule has 0 spiro atoms. The predicted octanol–water partition coefficient (Wildman–Crippen LogP) is 2.94. The van der Waals surface area contributed by atoms with Gasteiger partial charge in [-0.2, -0.15) is 0 Å². The first-order valence-electron chi connectivity index (χ1n) is 13.3. The summed E-state index contributed by atoms with van der Waals surface area (Å²) >= 11 is 0. The topological polar surface area (TPSA) is 145 Å². The van der Waals surface area contributed by atoms with Crippen LogP contribution in [0.1, 0.15) is 64.4 Å². The zero-order valence-corrected chi connectivity index (χ0v) is 22.4. The van der Waals surface area contributed by atoms with Crippen molar-refractivity contribution >= 4 is 29.4 Å². The number of benzene rings is 1. The number of hydrogen-bond acceptors (Lipinski definition) is 6. The van der Waals surface area contributed by atoms with E-state index in [0.29, 0.717) is 19.4 Å². The molecule has 1 aromatic rings. The minimum atomic E-state index is -1.16. The molecule has 3 atom stereocenters. The molecule has 1 heterocycles. The van der Waals surface area contributed by atoms with Crippen LogP contribution in [0.15, 0.2) is 35.3 Å². The lowest BCUT2D eigenvalue weighted by Crippen LogP contribution is -2.51. The summed E-state index contributed by atoms with van der Waals surface area (Å²) in [5.41, 5.74) is 11.5. The van der Waals surface area contributed by atoms with E-state index in [9.17, 15) is 23.6 Å². The Morgan fingerprint density at radius 2 is 1.82 bits per heavy atom.